The molecule has 0 atom stereocenters. The lowest BCUT2D eigenvalue weighted by Gasteiger charge is -2.08. The Morgan fingerprint density at radius 3 is 2.29 bits per heavy atom. The first-order valence-corrected chi connectivity index (χ1v) is 6.88. The van der Waals surface area contributed by atoms with Crippen LogP contribution in [0.1, 0.15) is 18.1 Å². The minimum absolute atomic E-state index is 0.320. The second kappa shape index (κ2) is 7.85. The molecule has 0 fully saturated rings. The predicted molar refractivity (Wildman–Crippen MR) is 83.3 cm³/mol. The van der Waals surface area contributed by atoms with E-state index in [4.69, 9.17) is 4.74 Å². The third-order valence-corrected chi connectivity index (χ3v) is 2.88. The van der Waals surface area contributed by atoms with Crippen molar-refractivity contribution < 1.29 is 9.53 Å². The summed E-state index contributed by atoms with van der Waals surface area (Å²) in [6.45, 7) is 2.08. The smallest absolute Gasteiger partial charge is 0.427 e. The number of carbonyl (C=O) groups is 1. The van der Waals surface area contributed by atoms with Crippen molar-refractivity contribution in [3.63, 3.8) is 0 Å². The molecule has 0 spiro atoms. The molecular weight excluding hydrogens is 264 g/mol. The Balaban J connectivity index is 2.18. The van der Waals surface area contributed by atoms with Crippen molar-refractivity contribution in [2.24, 2.45) is 5.10 Å². The summed E-state index contributed by atoms with van der Waals surface area (Å²) < 4.78 is 4.82. The van der Waals surface area contributed by atoms with Crippen molar-refractivity contribution >= 4 is 11.8 Å². The third kappa shape index (κ3) is 4.76. The third-order valence-electron chi connectivity index (χ3n) is 2.88. The van der Waals surface area contributed by atoms with Crippen molar-refractivity contribution in [2.45, 2.75) is 13.3 Å². The van der Waals surface area contributed by atoms with Gasteiger partial charge in [-0.1, -0.05) is 60.7 Å². The van der Waals surface area contributed by atoms with E-state index in [-0.39, 0.29) is 0 Å². The summed E-state index contributed by atoms with van der Waals surface area (Å²) in [6, 6.07) is 19.8. The predicted octanol–water partition coefficient (Wildman–Crippen LogP) is 3.38. The van der Waals surface area contributed by atoms with Crippen LogP contribution in [-0.2, 0) is 11.2 Å². The Hall–Kier alpha value is -2.62. The zero-order valence-electron chi connectivity index (χ0n) is 12.0. The normalized spacial score (nSPS) is 11.0. The van der Waals surface area contributed by atoms with Gasteiger partial charge in [0, 0.05) is 6.42 Å². The van der Waals surface area contributed by atoms with Crippen LogP contribution in [0.25, 0.3) is 0 Å². The Morgan fingerprint density at radius 2 is 1.67 bits per heavy atom. The van der Waals surface area contributed by atoms with Gasteiger partial charge in [-0.2, -0.15) is 5.10 Å². The van der Waals surface area contributed by atoms with Gasteiger partial charge in [0.05, 0.1) is 12.3 Å². The van der Waals surface area contributed by atoms with Crippen LogP contribution >= 0.6 is 0 Å². The molecule has 0 saturated carbocycles. The van der Waals surface area contributed by atoms with E-state index in [1.54, 1.807) is 6.92 Å². The van der Waals surface area contributed by atoms with E-state index < -0.39 is 6.09 Å². The number of nitrogens with zero attached hydrogens (tertiary/aromatic N) is 1. The zero-order chi connectivity index (χ0) is 14.9. The molecule has 1 N–H and O–H groups in total. The summed E-state index contributed by atoms with van der Waals surface area (Å²) in [4.78, 5) is 11.4. The number of nitrogens with one attached hydrogen (secondary N) is 1. The maximum absolute atomic E-state index is 11.4. The number of ether oxygens (including phenoxy) is 1. The lowest BCUT2D eigenvalue weighted by Crippen LogP contribution is -2.21. The molecule has 2 rings (SSSR count). The minimum atomic E-state index is -0.543. The average Bonchev–Trinajstić information content (AvgIpc) is 2.53. The second-order valence-electron chi connectivity index (χ2n) is 4.42. The highest BCUT2D eigenvalue weighted by molar-refractivity contribution is 6.02. The van der Waals surface area contributed by atoms with Gasteiger partial charge in [0.1, 0.15) is 0 Å². The highest BCUT2D eigenvalue weighted by Gasteiger charge is 2.06. The van der Waals surface area contributed by atoms with Crippen molar-refractivity contribution in [2.75, 3.05) is 6.61 Å². The number of hydrogen-bond donors (Lipinski definition) is 1. The molecule has 0 radical (unpaired) electrons. The Bertz CT molecular complexity index is 595. The van der Waals surface area contributed by atoms with Gasteiger partial charge in [-0.3, -0.25) is 0 Å². The van der Waals surface area contributed by atoms with Crippen LogP contribution in [0, 0.1) is 0 Å². The molecule has 21 heavy (non-hydrogen) atoms. The standard InChI is InChI=1S/C17H18N2O2/c1-2-21-17(20)19-18-16(15-11-7-4-8-12-15)13-14-9-5-3-6-10-14/h3-12H,2,13H2,1H3,(H,19,20)/b18-16-. The number of carbonyl (C=O) groups excluding carboxylic acids is 1. The fraction of sp³-hybridized carbons (Fsp3) is 0.176. The molecular formula is C17H18N2O2. The number of amides is 1. The van der Waals surface area contributed by atoms with Crippen molar-refractivity contribution in [1.82, 2.24) is 5.43 Å². The van der Waals surface area contributed by atoms with Crippen LogP contribution in [0.2, 0.25) is 0 Å². The van der Waals surface area contributed by atoms with E-state index in [0.29, 0.717) is 13.0 Å². The van der Waals surface area contributed by atoms with Crippen molar-refractivity contribution in [3.05, 3.63) is 71.8 Å². The molecule has 2 aromatic rings. The first-order valence-electron chi connectivity index (χ1n) is 6.88. The summed E-state index contributed by atoms with van der Waals surface area (Å²) in [5.74, 6) is 0. The largest absolute Gasteiger partial charge is 0.449 e. The van der Waals surface area contributed by atoms with Crippen LogP contribution in [-0.4, -0.2) is 18.4 Å². The van der Waals surface area contributed by atoms with Crippen LogP contribution in [0.5, 0.6) is 0 Å². The fourth-order valence-corrected chi connectivity index (χ4v) is 1.90. The van der Waals surface area contributed by atoms with Crippen molar-refractivity contribution in [1.29, 1.82) is 0 Å². The summed E-state index contributed by atoms with van der Waals surface area (Å²) >= 11 is 0. The van der Waals surface area contributed by atoms with Gasteiger partial charge >= 0.3 is 6.09 Å². The zero-order valence-corrected chi connectivity index (χ0v) is 12.0. The SMILES string of the molecule is CCOC(=O)N/N=C(/Cc1ccccc1)c1ccccc1. The first-order chi connectivity index (χ1) is 10.3. The topological polar surface area (TPSA) is 50.7 Å². The Labute approximate surface area is 124 Å². The van der Waals surface area contributed by atoms with Crippen molar-refractivity contribution in [3.8, 4) is 0 Å². The average molecular weight is 282 g/mol. The highest BCUT2D eigenvalue weighted by Crippen LogP contribution is 2.08. The Morgan fingerprint density at radius 1 is 1.05 bits per heavy atom. The van der Waals surface area contributed by atoms with Crippen LogP contribution in [0.4, 0.5) is 4.79 Å². The molecule has 0 aromatic heterocycles. The maximum atomic E-state index is 11.4. The van der Waals surface area contributed by atoms with Gasteiger partial charge in [0.25, 0.3) is 0 Å². The molecule has 0 saturated heterocycles. The van der Waals surface area contributed by atoms with E-state index in [1.165, 1.54) is 0 Å². The molecule has 2 aromatic carbocycles. The molecule has 0 aliphatic heterocycles. The summed E-state index contributed by atoms with van der Waals surface area (Å²) in [5.41, 5.74) is 5.32. The van der Waals surface area contributed by atoms with Crippen LogP contribution in [0.15, 0.2) is 65.8 Å². The van der Waals surface area contributed by atoms with Crippen LogP contribution < -0.4 is 5.43 Å². The number of benzene rings is 2. The van der Waals surface area contributed by atoms with E-state index >= 15 is 0 Å². The molecule has 0 heterocycles. The molecule has 4 heteroatoms. The molecule has 0 unspecified atom stereocenters. The lowest BCUT2D eigenvalue weighted by molar-refractivity contribution is 0.152. The molecule has 0 aliphatic carbocycles. The minimum Gasteiger partial charge on any atom is -0.449 e. The quantitative estimate of drug-likeness (QED) is 0.675. The fourth-order valence-electron chi connectivity index (χ4n) is 1.90. The monoisotopic (exact) mass is 282 g/mol. The number of hydrogen-bond acceptors (Lipinski definition) is 3. The summed E-state index contributed by atoms with van der Waals surface area (Å²) in [5, 5.41) is 4.20. The van der Waals surface area contributed by atoms with Crippen LogP contribution in [0.3, 0.4) is 0 Å². The van der Waals surface area contributed by atoms with Gasteiger partial charge in [0.15, 0.2) is 0 Å². The second-order valence-corrected chi connectivity index (χ2v) is 4.42. The van der Waals surface area contributed by atoms with E-state index in [0.717, 1.165) is 16.8 Å². The summed E-state index contributed by atoms with van der Waals surface area (Å²) in [7, 11) is 0. The molecule has 0 bridgehead atoms. The summed E-state index contributed by atoms with van der Waals surface area (Å²) in [6.07, 6.45) is 0.0936. The van der Waals surface area contributed by atoms with E-state index in [2.05, 4.69) is 10.5 Å². The first kappa shape index (κ1) is 14.8. The molecule has 4 nitrogen and oxygen atoms in total. The molecule has 1 amide bonds. The number of hydrazone groups is 1. The maximum Gasteiger partial charge on any atom is 0.427 e. The Kier molecular flexibility index (Phi) is 5.52. The number of rotatable bonds is 5. The van der Waals surface area contributed by atoms with E-state index in [1.807, 2.05) is 60.7 Å². The van der Waals surface area contributed by atoms with Gasteiger partial charge in [-0.05, 0) is 18.1 Å². The van der Waals surface area contributed by atoms with Gasteiger partial charge in [-0.15, -0.1) is 0 Å². The lowest BCUT2D eigenvalue weighted by atomic mass is 10.0. The van der Waals surface area contributed by atoms with E-state index in [9.17, 15) is 4.79 Å². The van der Waals surface area contributed by atoms with Gasteiger partial charge in [-0.25, -0.2) is 10.2 Å². The van der Waals surface area contributed by atoms with Gasteiger partial charge in [0.2, 0.25) is 0 Å². The molecule has 108 valence electrons. The highest BCUT2D eigenvalue weighted by atomic mass is 16.5. The van der Waals surface area contributed by atoms with Gasteiger partial charge < -0.3 is 4.74 Å². The molecule has 0 aliphatic rings.